The molecule has 0 radical (unpaired) electrons. The van der Waals surface area contributed by atoms with Crippen molar-refractivity contribution in [1.82, 2.24) is 0 Å². The molecule has 0 amide bonds. The molecule has 0 unspecified atom stereocenters. The highest BCUT2D eigenvalue weighted by molar-refractivity contribution is 5.35. The Morgan fingerprint density at radius 2 is 1.56 bits per heavy atom. The summed E-state index contributed by atoms with van der Waals surface area (Å²) in [6, 6.07) is 0. The average Bonchev–Trinajstić information content (AvgIpc) is 3.18. The van der Waals surface area contributed by atoms with Gasteiger partial charge in [-0.3, -0.25) is 0 Å². The molecule has 0 aliphatic heterocycles. The maximum Gasteiger partial charge on any atom is 0.0902 e. The summed E-state index contributed by atoms with van der Waals surface area (Å²) in [5, 5.41) is 53.1. The van der Waals surface area contributed by atoms with Crippen molar-refractivity contribution in [2.75, 3.05) is 26.9 Å². The molecule has 5 rings (SSSR count). The number of allylic oxidation sites excluding steroid dienone is 1. The van der Waals surface area contributed by atoms with Gasteiger partial charge in [0.1, 0.15) is 0 Å². The summed E-state index contributed by atoms with van der Waals surface area (Å²) in [6.07, 6.45) is 9.02. The van der Waals surface area contributed by atoms with Crippen molar-refractivity contribution in [2.45, 2.75) is 104 Å². The molecule has 0 aromatic rings. The highest BCUT2D eigenvalue weighted by Crippen LogP contribution is 2.75. The summed E-state index contributed by atoms with van der Waals surface area (Å²) in [6.45, 7) is 8.94. The first-order valence-corrected chi connectivity index (χ1v) is 14.3. The second-order valence-electron chi connectivity index (χ2n) is 14.7. The van der Waals surface area contributed by atoms with E-state index in [9.17, 15) is 25.5 Å². The van der Waals surface area contributed by atoms with Crippen LogP contribution < -0.4 is 0 Å². The molecule has 0 aromatic heterocycles. The standard InChI is InChI=1S/C30H50O6/c1-25(16-31)8-10-29(15-25)11-9-27(3)19(13-29)21(36-5)12-23-26(2)14-20(34)24(35)30(17-32,18-33)22(26)6-7-28(23,27)4/h13,20-24,31-35H,6-12,14-18H2,1-5H3/t20-,21+,22-,23-,24-,25-,26+,27-,28-,29-/m1/s1. The van der Waals surface area contributed by atoms with E-state index in [4.69, 9.17) is 4.74 Å². The van der Waals surface area contributed by atoms with E-state index in [1.807, 2.05) is 7.11 Å². The van der Waals surface area contributed by atoms with Gasteiger partial charge < -0.3 is 30.3 Å². The minimum Gasteiger partial charge on any atom is -0.396 e. The topological polar surface area (TPSA) is 110 Å². The molecule has 206 valence electrons. The SMILES string of the molecule is CO[C@H]1C[C@@H]2[C@@]3(C)C[C@@H](O)[C@@H](O)C(CO)(CO)[C@@H]3CC[C@@]2(C)[C@]2(C)CC[C@@]3(C=C12)CC[C@@](C)(CO)C3. The fourth-order valence-electron chi connectivity index (χ4n) is 10.8. The van der Waals surface area contributed by atoms with E-state index in [0.717, 1.165) is 51.4 Å². The fraction of sp³-hybridized carbons (Fsp3) is 0.933. The van der Waals surface area contributed by atoms with Crippen LogP contribution in [-0.2, 0) is 4.74 Å². The van der Waals surface area contributed by atoms with Crippen LogP contribution in [-0.4, -0.2) is 70.8 Å². The summed E-state index contributed by atoms with van der Waals surface area (Å²) < 4.78 is 6.25. The van der Waals surface area contributed by atoms with Crippen molar-refractivity contribution in [3.05, 3.63) is 11.6 Å². The Hall–Kier alpha value is -0.500. The van der Waals surface area contributed by atoms with Gasteiger partial charge in [0.2, 0.25) is 0 Å². The van der Waals surface area contributed by atoms with Crippen LogP contribution in [0.2, 0.25) is 0 Å². The third-order valence-electron chi connectivity index (χ3n) is 13.1. The molecule has 10 atom stereocenters. The Morgan fingerprint density at radius 1 is 0.889 bits per heavy atom. The molecular formula is C30H50O6. The predicted molar refractivity (Wildman–Crippen MR) is 138 cm³/mol. The van der Waals surface area contributed by atoms with Gasteiger partial charge in [0, 0.05) is 19.1 Å². The van der Waals surface area contributed by atoms with Crippen LogP contribution in [0.5, 0.6) is 0 Å². The van der Waals surface area contributed by atoms with Gasteiger partial charge in [0.05, 0.1) is 31.5 Å². The van der Waals surface area contributed by atoms with E-state index in [1.54, 1.807) is 0 Å². The number of aliphatic hydroxyl groups excluding tert-OH is 5. The predicted octanol–water partition coefficient (Wildman–Crippen LogP) is 3.44. The molecule has 6 heteroatoms. The summed E-state index contributed by atoms with van der Waals surface area (Å²) in [7, 11) is 1.82. The molecule has 0 aromatic carbocycles. The van der Waals surface area contributed by atoms with E-state index in [2.05, 4.69) is 33.8 Å². The minimum atomic E-state index is -1.12. The van der Waals surface area contributed by atoms with Crippen LogP contribution in [0.3, 0.4) is 0 Å². The van der Waals surface area contributed by atoms with Gasteiger partial charge in [0.15, 0.2) is 0 Å². The fourth-order valence-corrected chi connectivity index (χ4v) is 10.8. The van der Waals surface area contributed by atoms with Gasteiger partial charge in [0.25, 0.3) is 0 Å². The van der Waals surface area contributed by atoms with E-state index in [-0.39, 0.29) is 64.8 Å². The second-order valence-corrected chi connectivity index (χ2v) is 14.7. The van der Waals surface area contributed by atoms with Gasteiger partial charge in [-0.2, -0.15) is 0 Å². The van der Waals surface area contributed by atoms with Crippen molar-refractivity contribution in [3.8, 4) is 0 Å². The zero-order valence-electron chi connectivity index (χ0n) is 23.1. The van der Waals surface area contributed by atoms with Gasteiger partial charge in [-0.1, -0.05) is 33.8 Å². The molecule has 4 saturated carbocycles. The van der Waals surface area contributed by atoms with Gasteiger partial charge in [-0.05, 0) is 102 Å². The summed E-state index contributed by atoms with van der Waals surface area (Å²) in [5.74, 6) is 0.161. The molecular weight excluding hydrogens is 456 g/mol. The first-order valence-electron chi connectivity index (χ1n) is 14.3. The summed E-state index contributed by atoms with van der Waals surface area (Å²) in [5.41, 5.74) is 0.0849. The number of rotatable bonds is 4. The molecule has 36 heavy (non-hydrogen) atoms. The lowest BCUT2D eigenvalue weighted by Gasteiger charge is -2.71. The van der Waals surface area contributed by atoms with Crippen molar-refractivity contribution in [1.29, 1.82) is 0 Å². The number of hydrogen-bond acceptors (Lipinski definition) is 6. The number of aliphatic hydroxyl groups is 5. The molecule has 4 fully saturated rings. The number of ether oxygens (including phenoxy) is 1. The maximum atomic E-state index is 11.1. The van der Waals surface area contributed by atoms with Crippen LogP contribution in [0.4, 0.5) is 0 Å². The Balaban J connectivity index is 1.58. The normalized spacial score (nSPS) is 53.9. The quantitative estimate of drug-likeness (QED) is 0.374. The van der Waals surface area contributed by atoms with Crippen molar-refractivity contribution < 1.29 is 30.3 Å². The van der Waals surface area contributed by atoms with Gasteiger partial charge in [-0.15, -0.1) is 0 Å². The Bertz CT molecular complexity index is 900. The molecule has 0 saturated heterocycles. The minimum absolute atomic E-state index is 0.00297. The zero-order chi connectivity index (χ0) is 26.4. The van der Waals surface area contributed by atoms with E-state index in [0.29, 0.717) is 6.42 Å². The second kappa shape index (κ2) is 8.50. The van der Waals surface area contributed by atoms with Crippen molar-refractivity contribution >= 4 is 0 Å². The van der Waals surface area contributed by atoms with Crippen LogP contribution in [0.25, 0.3) is 0 Å². The number of fused-ring (bicyclic) bond motifs is 5. The lowest BCUT2D eigenvalue weighted by Crippen LogP contribution is -2.70. The molecule has 5 aliphatic carbocycles. The van der Waals surface area contributed by atoms with Crippen molar-refractivity contribution in [2.24, 2.45) is 44.3 Å². The highest BCUT2D eigenvalue weighted by atomic mass is 16.5. The number of methoxy groups -OCH3 is 1. The molecule has 6 nitrogen and oxygen atoms in total. The first-order chi connectivity index (χ1) is 16.8. The lowest BCUT2D eigenvalue weighted by molar-refractivity contribution is -0.263. The smallest absolute Gasteiger partial charge is 0.0902 e. The molecule has 0 bridgehead atoms. The molecule has 5 aliphatic rings. The third-order valence-corrected chi connectivity index (χ3v) is 13.1. The molecule has 5 N–H and O–H groups in total. The van der Waals surface area contributed by atoms with E-state index < -0.39 is 17.6 Å². The largest absolute Gasteiger partial charge is 0.396 e. The lowest BCUT2D eigenvalue weighted by atomic mass is 9.34. The Labute approximate surface area is 217 Å². The summed E-state index contributed by atoms with van der Waals surface area (Å²) in [4.78, 5) is 0. The summed E-state index contributed by atoms with van der Waals surface area (Å²) >= 11 is 0. The number of hydrogen-bond donors (Lipinski definition) is 5. The Morgan fingerprint density at radius 3 is 2.14 bits per heavy atom. The van der Waals surface area contributed by atoms with Gasteiger partial charge in [-0.25, -0.2) is 0 Å². The third kappa shape index (κ3) is 3.30. The van der Waals surface area contributed by atoms with E-state index >= 15 is 0 Å². The molecule has 1 spiro atoms. The average molecular weight is 507 g/mol. The van der Waals surface area contributed by atoms with Crippen LogP contribution >= 0.6 is 0 Å². The van der Waals surface area contributed by atoms with Gasteiger partial charge >= 0.3 is 0 Å². The Kier molecular flexibility index (Phi) is 6.39. The van der Waals surface area contributed by atoms with Crippen LogP contribution in [0.1, 0.15) is 85.5 Å². The zero-order valence-corrected chi connectivity index (χ0v) is 23.1. The monoisotopic (exact) mass is 506 g/mol. The van der Waals surface area contributed by atoms with Crippen molar-refractivity contribution in [3.63, 3.8) is 0 Å². The van der Waals surface area contributed by atoms with Crippen LogP contribution in [0.15, 0.2) is 11.6 Å². The highest BCUT2D eigenvalue weighted by Gasteiger charge is 2.70. The first kappa shape index (κ1) is 27.1. The van der Waals surface area contributed by atoms with E-state index in [1.165, 1.54) is 5.57 Å². The maximum absolute atomic E-state index is 11.1. The molecule has 0 heterocycles. The van der Waals surface area contributed by atoms with Crippen LogP contribution in [0, 0.1) is 44.3 Å².